The lowest BCUT2D eigenvalue weighted by Crippen LogP contribution is -2.09. The van der Waals surface area contributed by atoms with Crippen molar-refractivity contribution >= 4 is 29.1 Å². The molecule has 72 valence electrons. The maximum absolute atomic E-state index is 5.23. The van der Waals surface area contributed by atoms with Gasteiger partial charge in [-0.05, 0) is 24.6 Å². The van der Waals surface area contributed by atoms with Gasteiger partial charge < -0.3 is 9.05 Å². The summed E-state index contributed by atoms with van der Waals surface area (Å²) in [4.78, 5) is 0. The molecule has 0 amide bonds. The molecule has 0 aromatic rings. The predicted molar refractivity (Wildman–Crippen MR) is 56.7 cm³/mol. The van der Waals surface area contributed by atoms with Gasteiger partial charge in [0.05, 0.1) is 0 Å². The van der Waals surface area contributed by atoms with Crippen LogP contribution in [0.1, 0.15) is 12.8 Å². The number of hydrogen-bond donors (Lipinski definition) is 0. The number of nitrogens with zero attached hydrogens (tertiary/aromatic N) is 1. The minimum absolute atomic E-state index is 1.11. The Balaban J connectivity index is 2.41. The van der Waals surface area contributed by atoms with Crippen LogP contribution < -0.4 is 0 Å². The van der Waals surface area contributed by atoms with E-state index >= 15 is 0 Å². The largest absolute Gasteiger partial charge is 0.324 e. The summed E-state index contributed by atoms with van der Waals surface area (Å²) in [5, 5.41) is 0. The smallest absolute Gasteiger partial charge is 0.261 e. The molecule has 1 saturated heterocycles. The SMILES string of the molecule is COP(=S)(OC)SN1CCCC1. The van der Waals surface area contributed by atoms with Gasteiger partial charge in [0.25, 0.3) is 5.69 Å². The molecule has 6 heteroatoms. The molecule has 3 nitrogen and oxygen atoms in total. The van der Waals surface area contributed by atoms with E-state index in [1.807, 2.05) is 0 Å². The highest BCUT2D eigenvalue weighted by atomic mass is 32.9. The van der Waals surface area contributed by atoms with E-state index in [1.54, 1.807) is 25.8 Å². The van der Waals surface area contributed by atoms with Crippen LogP contribution in [0.3, 0.4) is 0 Å². The van der Waals surface area contributed by atoms with Gasteiger partial charge in [-0.3, -0.25) is 0 Å². The molecule has 0 radical (unpaired) electrons. The second-order valence-corrected chi connectivity index (χ2v) is 8.90. The Morgan fingerprint density at radius 2 is 1.75 bits per heavy atom. The van der Waals surface area contributed by atoms with Crippen LogP contribution >= 0.6 is 17.3 Å². The zero-order chi connectivity index (χ0) is 9.03. The molecule has 1 fully saturated rings. The van der Waals surface area contributed by atoms with Crippen LogP contribution in [0.15, 0.2) is 0 Å². The summed E-state index contributed by atoms with van der Waals surface area (Å²) < 4.78 is 12.6. The molecule has 0 unspecified atom stereocenters. The highest BCUT2D eigenvalue weighted by molar-refractivity contribution is 8.67. The Kier molecular flexibility index (Phi) is 4.51. The minimum atomic E-state index is -2.05. The van der Waals surface area contributed by atoms with Crippen molar-refractivity contribution in [1.82, 2.24) is 4.31 Å². The first-order chi connectivity index (χ1) is 5.70. The molecular weight excluding hydrogens is 213 g/mol. The second-order valence-electron chi connectivity index (χ2n) is 2.53. The van der Waals surface area contributed by atoms with Gasteiger partial charge >= 0.3 is 0 Å². The third-order valence-corrected chi connectivity index (χ3v) is 7.10. The van der Waals surface area contributed by atoms with Crippen LogP contribution in [0.25, 0.3) is 0 Å². The minimum Gasteiger partial charge on any atom is -0.324 e. The normalized spacial score (nSPS) is 20.2. The highest BCUT2D eigenvalue weighted by Gasteiger charge is 2.23. The fraction of sp³-hybridized carbons (Fsp3) is 1.00. The lowest BCUT2D eigenvalue weighted by atomic mass is 10.4. The standard InChI is InChI=1S/C6H14NO2PS2/c1-8-10(11,9-2)12-7-5-3-4-6-7/h3-6H2,1-2H3. The fourth-order valence-corrected chi connectivity index (χ4v) is 4.63. The number of hydrogen-bond acceptors (Lipinski definition) is 5. The van der Waals surface area contributed by atoms with E-state index in [4.69, 9.17) is 20.9 Å². The average molecular weight is 227 g/mol. The van der Waals surface area contributed by atoms with Crippen molar-refractivity contribution in [3.8, 4) is 0 Å². The first kappa shape index (κ1) is 11.0. The predicted octanol–water partition coefficient (Wildman–Crippen LogP) is 2.25. The fourth-order valence-electron chi connectivity index (χ4n) is 1.05. The molecular formula is C6H14NO2PS2. The van der Waals surface area contributed by atoms with Gasteiger partial charge in [0.15, 0.2) is 0 Å². The van der Waals surface area contributed by atoms with E-state index in [1.165, 1.54) is 12.8 Å². The molecule has 12 heavy (non-hydrogen) atoms. The van der Waals surface area contributed by atoms with Gasteiger partial charge in [0.1, 0.15) is 0 Å². The zero-order valence-electron chi connectivity index (χ0n) is 7.36. The highest BCUT2D eigenvalue weighted by Crippen LogP contribution is 2.61. The van der Waals surface area contributed by atoms with E-state index < -0.39 is 5.69 Å². The van der Waals surface area contributed by atoms with E-state index in [-0.39, 0.29) is 0 Å². The number of rotatable bonds is 4. The summed E-state index contributed by atoms with van der Waals surface area (Å²) in [7, 11) is 3.24. The van der Waals surface area contributed by atoms with Crippen LogP contribution in [-0.4, -0.2) is 31.6 Å². The Hall–Kier alpha value is 0.880. The summed E-state index contributed by atoms with van der Waals surface area (Å²) in [6.07, 6.45) is 2.52. The van der Waals surface area contributed by atoms with Crippen molar-refractivity contribution in [2.75, 3.05) is 27.3 Å². The van der Waals surface area contributed by atoms with Gasteiger partial charge in [-0.25, -0.2) is 4.31 Å². The van der Waals surface area contributed by atoms with Crippen LogP contribution in [0.5, 0.6) is 0 Å². The first-order valence-electron chi connectivity index (χ1n) is 3.86. The van der Waals surface area contributed by atoms with Gasteiger partial charge in [0, 0.05) is 38.9 Å². The maximum atomic E-state index is 5.23. The van der Waals surface area contributed by atoms with E-state index in [0.29, 0.717) is 0 Å². The molecule has 0 aromatic heterocycles. The van der Waals surface area contributed by atoms with Crippen LogP contribution in [0.4, 0.5) is 0 Å². The lowest BCUT2D eigenvalue weighted by Gasteiger charge is -2.21. The van der Waals surface area contributed by atoms with Crippen molar-refractivity contribution < 1.29 is 9.05 Å². The van der Waals surface area contributed by atoms with E-state index in [2.05, 4.69) is 4.31 Å². The molecule has 0 bridgehead atoms. The van der Waals surface area contributed by atoms with Gasteiger partial charge in [-0.2, -0.15) is 0 Å². The third kappa shape index (κ3) is 2.98. The zero-order valence-corrected chi connectivity index (χ0v) is 9.88. The molecule has 0 saturated carbocycles. The van der Waals surface area contributed by atoms with Crippen molar-refractivity contribution in [1.29, 1.82) is 0 Å². The van der Waals surface area contributed by atoms with Gasteiger partial charge in [-0.15, -0.1) is 0 Å². The van der Waals surface area contributed by atoms with Crippen LogP contribution in [0, 0.1) is 0 Å². The van der Waals surface area contributed by atoms with Crippen molar-refractivity contribution in [3.05, 3.63) is 0 Å². The maximum Gasteiger partial charge on any atom is 0.261 e. The monoisotopic (exact) mass is 227 g/mol. The Morgan fingerprint density at radius 1 is 1.25 bits per heavy atom. The molecule has 1 aliphatic heterocycles. The van der Waals surface area contributed by atoms with E-state index in [0.717, 1.165) is 13.1 Å². The van der Waals surface area contributed by atoms with Crippen molar-refractivity contribution in [2.24, 2.45) is 0 Å². The average Bonchev–Trinajstić information content (AvgIpc) is 2.57. The third-order valence-electron chi connectivity index (χ3n) is 1.73. The summed E-state index contributed by atoms with van der Waals surface area (Å²) >= 11 is 6.80. The van der Waals surface area contributed by atoms with Crippen molar-refractivity contribution in [3.63, 3.8) is 0 Å². The molecule has 0 aliphatic carbocycles. The summed E-state index contributed by atoms with van der Waals surface area (Å²) in [5.41, 5.74) is -2.05. The molecule has 1 aliphatic rings. The van der Waals surface area contributed by atoms with Gasteiger partial charge in [0.2, 0.25) is 0 Å². The quantitative estimate of drug-likeness (QED) is 0.541. The van der Waals surface area contributed by atoms with Crippen molar-refractivity contribution in [2.45, 2.75) is 12.8 Å². The molecule has 0 N–H and O–H groups in total. The second kappa shape index (κ2) is 4.94. The molecule has 0 aromatic carbocycles. The molecule has 1 heterocycles. The Morgan fingerprint density at radius 3 is 2.17 bits per heavy atom. The molecule has 1 rings (SSSR count). The Bertz CT molecular complexity index is 176. The first-order valence-corrected chi connectivity index (χ1v) is 7.88. The lowest BCUT2D eigenvalue weighted by molar-refractivity contribution is 0.352. The molecule has 0 spiro atoms. The Labute approximate surface area is 82.8 Å². The summed E-state index contributed by atoms with van der Waals surface area (Å²) in [5.74, 6) is 0. The summed E-state index contributed by atoms with van der Waals surface area (Å²) in [6.45, 7) is 2.21. The summed E-state index contributed by atoms with van der Waals surface area (Å²) in [6, 6.07) is 0. The van der Waals surface area contributed by atoms with Gasteiger partial charge in [-0.1, -0.05) is 0 Å². The van der Waals surface area contributed by atoms with E-state index in [9.17, 15) is 0 Å². The van der Waals surface area contributed by atoms with Crippen LogP contribution in [-0.2, 0) is 20.9 Å². The topological polar surface area (TPSA) is 21.7 Å². The molecule has 0 atom stereocenters. The van der Waals surface area contributed by atoms with Crippen LogP contribution in [0.2, 0.25) is 0 Å².